The summed E-state index contributed by atoms with van der Waals surface area (Å²) in [6.45, 7) is 10.2. The highest BCUT2D eigenvalue weighted by atomic mass is 16.5. The maximum absolute atomic E-state index is 12.7. The predicted molar refractivity (Wildman–Crippen MR) is 108 cm³/mol. The number of piperazine rings is 1. The summed E-state index contributed by atoms with van der Waals surface area (Å²) in [5.41, 5.74) is 0.568. The summed E-state index contributed by atoms with van der Waals surface area (Å²) < 4.78 is 5.58. The van der Waals surface area contributed by atoms with Crippen LogP contribution in [-0.4, -0.2) is 67.1 Å². The molecule has 0 aliphatic carbocycles. The van der Waals surface area contributed by atoms with Gasteiger partial charge in [0.2, 0.25) is 5.91 Å². The van der Waals surface area contributed by atoms with Crippen LogP contribution in [0.3, 0.4) is 0 Å². The Morgan fingerprint density at radius 1 is 1.25 bits per heavy atom. The van der Waals surface area contributed by atoms with Crippen molar-refractivity contribution in [2.45, 2.75) is 46.1 Å². The second-order valence-corrected chi connectivity index (χ2v) is 8.82. The fraction of sp³-hybridized carbons (Fsp3) is 0.667. The van der Waals surface area contributed by atoms with E-state index in [-0.39, 0.29) is 23.3 Å². The van der Waals surface area contributed by atoms with Crippen LogP contribution in [0.1, 0.15) is 50.4 Å². The number of nitrogens with one attached hydrogen (secondary N) is 1. The van der Waals surface area contributed by atoms with Gasteiger partial charge in [0.15, 0.2) is 0 Å². The molecule has 1 aromatic rings. The van der Waals surface area contributed by atoms with Gasteiger partial charge in [-0.15, -0.1) is 0 Å². The van der Waals surface area contributed by atoms with Crippen molar-refractivity contribution in [1.82, 2.24) is 15.2 Å². The minimum absolute atomic E-state index is 0.0104. The van der Waals surface area contributed by atoms with E-state index in [4.69, 9.17) is 4.74 Å². The summed E-state index contributed by atoms with van der Waals surface area (Å²) in [4.78, 5) is 33.6. The van der Waals surface area contributed by atoms with Gasteiger partial charge in [-0.1, -0.05) is 20.8 Å². The Balaban J connectivity index is 1.59. The smallest absolute Gasteiger partial charge is 0.255 e. The SMILES string of the molecule is CC(C)(C)CC(=O)N1CCN(c2ncccc2C(=O)NC[C@@H]2CCCO2)CC1. The van der Waals surface area contributed by atoms with E-state index in [2.05, 4.69) is 36.0 Å². The first-order valence-corrected chi connectivity index (χ1v) is 10.2. The third kappa shape index (κ3) is 5.44. The average molecular weight is 389 g/mol. The van der Waals surface area contributed by atoms with Gasteiger partial charge in [0.25, 0.3) is 5.91 Å². The van der Waals surface area contributed by atoms with E-state index in [1.54, 1.807) is 12.3 Å². The molecule has 1 N–H and O–H groups in total. The molecule has 2 aliphatic heterocycles. The lowest BCUT2D eigenvalue weighted by atomic mass is 9.91. The summed E-state index contributed by atoms with van der Waals surface area (Å²) in [7, 11) is 0. The Morgan fingerprint density at radius 3 is 2.64 bits per heavy atom. The molecular weight excluding hydrogens is 356 g/mol. The molecule has 0 aromatic carbocycles. The van der Waals surface area contributed by atoms with Crippen molar-refractivity contribution in [3.05, 3.63) is 23.9 Å². The van der Waals surface area contributed by atoms with Gasteiger partial charge in [-0.05, 0) is 30.4 Å². The standard InChI is InChI=1S/C21H32N4O3/c1-21(2,3)14-18(26)24-9-11-25(12-10-24)19-17(7-4-8-22-19)20(27)23-15-16-6-5-13-28-16/h4,7-8,16H,5-6,9-15H2,1-3H3,(H,23,27)/t16-/m0/s1. The van der Waals surface area contributed by atoms with E-state index in [1.807, 2.05) is 11.0 Å². The van der Waals surface area contributed by atoms with Crippen molar-refractivity contribution in [2.24, 2.45) is 5.41 Å². The highest BCUT2D eigenvalue weighted by Crippen LogP contribution is 2.23. The van der Waals surface area contributed by atoms with Gasteiger partial charge in [0, 0.05) is 51.9 Å². The molecule has 154 valence electrons. The minimum atomic E-state index is -0.121. The third-order valence-corrected chi connectivity index (χ3v) is 5.16. The lowest BCUT2D eigenvalue weighted by Gasteiger charge is -2.37. The van der Waals surface area contributed by atoms with E-state index < -0.39 is 0 Å². The average Bonchev–Trinajstić information content (AvgIpc) is 3.18. The third-order valence-electron chi connectivity index (χ3n) is 5.16. The summed E-state index contributed by atoms with van der Waals surface area (Å²) in [5, 5.41) is 2.98. The van der Waals surface area contributed by atoms with Crippen LogP contribution in [0.25, 0.3) is 0 Å². The molecule has 3 heterocycles. The van der Waals surface area contributed by atoms with E-state index in [0.717, 1.165) is 19.4 Å². The highest BCUT2D eigenvalue weighted by molar-refractivity contribution is 5.99. The Labute approximate surface area is 167 Å². The maximum Gasteiger partial charge on any atom is 0.255 e. The number of rotatable bonds is 5. The molecule has 3 rings (SSSR count). The van der Waals surface area contributed by atoms with Gasteiger partial charge in [0.1, 0.15) is 5.82 Å². The molecule has 7 heteroatoms. The molecule has 2 saturated heterocycles. The number of anilines is 1. The van der Waals surface area contributed by atoms with Crippen LogP contribution >= 0.6 is 0 Å². The number of ether oxygens (including phenoxy) is 1. The van der Waals surface area contributed by atoms with E-state index >= 15 is 0 Å². The van der Waals surface area contributed by atoms with Crippen molar-refractivity contribution >= 4 is 17.6 Å². The molecule has 2 amide bonds. The summed E-state index contributed by atoms with van der Waals surface area (Å²) in [6, 6.07) is 3.60. The molecule has 0 spiro atoms. The second-order valence-electron chi connectivity index (χ2n) is 8.82. The predicted octanol–water partition coefficient (Wildman–Crippen LogP) is 2.08. The van der Waals surface area contributed by atoms with Crippen LogP contribution in [0.5, 0.6) is 0 Å². The molecule has 2 aliphatic rings. The number of nitrogens with zero attached hydrogens (tertiary/aromatic N) is 3. The largest absolute Gasteiger partial charge is 0.376 e. The van der Waals surface area contributed by atoms with Crippen LogP contribution in [0, 0.1) is 5.41 Å². The quantitative estimate of drug-likeness (QED) is 0.836. The Bertz CT molecular complexity index is 687. The number of carbonyl (C=O) groups excluding carboxylic acids is 2. The van der Waals surface area contributed by atoms with Crippen LogP contribution < -0.4 is 10.2 Å². The zero-order chi connectivity index (χ0) is 20.1. The lowest BCUT2D eigenvalue weighted by molar-refractivity contribution is -0.133. The summed E-state index contributed by atoms with van der Waals surface area (Å²) in [6.07, 6.45) is 4.42. The van der Waals surface area contributed by atoms with Crippen molar-refractivity contribution in [3.63, 3.8) is 0 Å². The number of hydrogen-bond acceptors (Lipinski definition) is 5. The number of carbonyl (C=O) groups is 2. The van der Waals surface area contributed by atoms with Gasteiger partial charge >= 0.3 is 0 Å². The van der Waals surface area contributed by atoms with Gasteiger partial charge in [-0.25, -0.2) is 4.98 Å². The molecule has 0 unspecified atom stereocenters. The summed E-state index contributed by atoms with van der Waals surface area (Å²) >= 11 is 0. The maximum atomic E-state index is 12.7. The van der Waals surface area contributed by atoms with Crippen molar-refractivity contribution in [1.29, 1.82) is 0 Å². The highest BCUT2D eigenvalue weighted by Gasteiger charge is 2.27. The number of amides is 2. The number of aromatic nitrogens is 1. The molecule has 0 radical (unpaired) electrons. The van der Waals surface area contributed by atoms with E-state index in [0.29, 0.717) is 50.5 Å². The topological polar surface area (TPSA) is 74.8 Å². The van der Waals surface area contributed by atoms with Crippen molar-refractivity contribution < 1.29 is 14.3 Å². The zero-order valence-electron chi connectivity index (χ0n) is 17.2. The van der Waals surface area contributed by atoms with E-state index in [1.165, 1.54) is 0 Å². The van der Waals surface area contributed by atoms with Crippen LogP contribution in [0.2, 0.25) is 0 Å². The molecule has 1 atom stereocenters. The van der Waals surface area contributed by atoms with Gasteiger partial charge in [-0.3, -0.25) is 9.59 Å². The van der Waals surface area contributed by atoms with Gasteiger partial charge in [-0.2, -0.15) is 0 Å². The van der Waals surface area contributed by atoms with Crippen molar-refractivity contribution in [3.8, 4) is 0 Å². The second kappa shape index (κ2) is 8.90. The molecule has 7 nitrogen and oxygen atoms in total. The first-order valence-electron chi connectivity index (χ1n) is 10.2. The Kier molecular flexibility index (Phi) is 6.54. The Morgan fingerprint density at radius 2 is 2.00 bits per heavy atom. The number of pyridine rings is 1. The Hall–Kier alpha value is -2.15. The van der Waals surface area contributed by atoms with Gasteiger partial charge < -0.3 is 19.9 Å². The zero-order valence-corrected chi connectivity index (χ0v) is 17.2. The molecule has 0 saturated carbocycles. The molecule has 1 aromatic heterocycles. The fourth-order valence-corrected chi connectivity index (χ4v) is 3.67. The molecule has 2 fully saturated rings. The summed E-state index contributed by atoms with van der Waals surface area (Å²) in [5.74, 6) is 0.766. The van der Waals surface area contributed by atoms with Crippen LogP contribution in [0.15, 0.2) is 18.3 Å². The van der Waals surface area contributed by atoms with Crippen LogP contribution in [0.4, 0.5) is 5.82 Å². The first-order chi connectivity index (χ1) is 13.3. The van der Waals surface area contributed by atoms with Gasteiger partial charge in [0.05, 0.1) is 11.7 Å². The van der Waals surface area contributed by atoms with Crippen LogP contribution in [-0.2, 0) is 9.53 Å². The normalized spacial score (nSPS) is 20.3. The first kappa shape index (κ1) is 20.6. The minimum Gasteiger partial charge on any atom is -0.376 e. The fourth-order valence-electron chi connectivity index (χ4n) is 3.67. The monoisotopic (exact) mass is 388 g/mol. The molecule has 0 bridgehead atoms. The van der Waals surface area contributed by atoms with E-state index in [9.17, 15) is 9.59 Å². The van der Waals surface area contributed by atoms with Crippen molar-refractivity contribution in [2.75, 3.05) is 44.2 Å². The number of hydrogen-bond donors (Lipinski definition) is 1. The molecule has 28 heavy (non-hydrogen) atoms. The lowest BCUT2D eigenvalue weighted by Crippen LogP contribution is -2.50. The molecular formula is C21H32N4O3.